The molecule has 0 aliphatic heterocycles. The van der Waals surface area contributed by atoms with E-state index in [-0.39, 0.29) is 30.7 Å². The Bertz CT molecular complexity index is 1080. The van der Waals surface area contributed by atoms with Crippen LogP contribution in [0.2, 0.25) is 0 Å². The van der Waals surface area contributed by atoms with Crippen LogP contribution in [0.15, 0.2) is 30.6 Å². The lowest BCUT2D eigenvalue weighted by atomic mass is 10.0. The molecule has 31 heavy (non-hydrogen) atoms. The van der Waals surface area contributed by atoms with Crippen molar-refractivity contribution in [2.75, 3.05) is 6.61 Å². The van der Waals surface area contributed by atoms with E-state index in [1.165, 1.54) is 31.5 Å². The van der Waals surface area contributed by atoms with Crippen molar-refractivity contribution in [2.45, 2.75) is 44.9 Å². The second kappa shape index (κ2) is 8.00. The number of alkyl halides is 5. The molecule has 3 aromatic rings. The second-order valence-corrected chi connectivity index (χ2v) is 6.85. The van der Waals surface area contributed by atoms with E-state index >= 15 is 0 Å². The van der Waals surface area contributed by atoms with E-state index in [0.29, 0.717) is 11.1 Å². The summed E-state index contributed by atoms with van der Waals surface area (Å²) in [5, 5.41) is 7.16. The maximum absolute atomic E-state index is 14.3. The minimum absolute atomic E-state index is 0.0128. The summed E-state index contributed by atoms with van der Waals surface area (Å²) in [5.41, 5.74) is 1.04. The zero-order valence-corrected chi connectivity index (χ0v) is 16.2. The van der Waals surface area contributed by atoms with Gasteiger partial charge in [-0.25, -0.2) is 0 Å². The van der Waals surface area contributed by atoms with E-state index in [2.05, 4.69) is 24.7 Å². The van der Waals surface area contributed by atoms with Crippen LogP contribution in [0.25, 0.3) is 16.9 Å². The quantitative estimate of drug-likeness (QED) is 0.478. The van der Waals surface area contributed by atoms with Crippen molar-refractivity contribution in [1.82, 2.24) is 19.6 Å². The Morgan fingerprint density at radius 2 is 1.90 bits per heavy atom. The number of hydrogen-bond acceptors (Lipinski definition) is 6. The van der Waals surface area contributed by atoms with Crippen LogP contribution in [0.1, 0.15) is 31.2 Å². The van der Waals surface area contributed by atoms with E-state index in [0.717, 1.165) is 23.3 Å². The van der Waals surface area contributed by atoms with E-state index in [4.69, 9.17) is 4.74 Å². The fourth-order valence-electron chi connectivity index (χ4n) is 2.96. The molecular weight excluding hydrogens is 427 g/mol. The number of benzene rings is 1. The highest BCUT2D eigenvalue weighted by atomic mass is 19.4. The van der Waals surface area contributed by atoms with Crippen molar-refractivity contribution in [1.29, 1.82) is 0 Å². The smallest absolute Gasteiger partial charge is 0.406 e. The number of ether oxygens (including phenoxy) is 3. The summed E-state index contributed by atoms with van der Waals surface area (Å²) >= 11 is 0. The van der Waals surface area contributed by atoms with Crippen molar-refractivity contribution in [3.8, 4) is 17.0 Å². The Hall–Kier alpha value is -2.86. The monoisotopic (exact) mass is 444 g/mol. The topological polar surface area (TPSA) is 70.8 Å². The van der Waals surface area contributed by atoms with Crippen LogP contribution in [0.3, 0.4) is 0 Å². The van der Waals surface area contributed by atoms with Crippen molar-refractivity contribution in [3.63, 3.8) is 0 Å². The van der Waals surface area contributed by atoms with Crippen molar-refractivity contribution in [3.05, 3.63) is 42.0 Å². The molecule has 1 aliphatic rings. The zero-order valence-electron chi connectivity index (χ0n) is 16.2. The van der Waals surface area contributed by atoms with E-state index in [1.807, 2.05) is 0 Å². The number of fused-ring (bicyclic) bond motifs is 1. The molecule has 0 radical (unpaired) electrons. The van der Waals surface area contributed by atoms with Gasteiger partial charge in [-0.1, -0.05) is 0 Å². The predicted octanol–water partition coefficient (Wildman–Crippen LogP) is 4.45. The first kappa shape index (κ1) is 21.4. The molecule has 4 rings (SSSR count). The van der Waals surface area contributed by atoms with Crippen LogP contribution in [-0.4, -0.2) is 38.7 Å². The summed E-state index contributed by atoms with van der Waals surface area (Å²) in [5.74, 6) is -1.15. The van der Waals surface area contributed by atoms with Crippen LogP contribution < -0.4 is 4.74 Å². The fraction of sp³-hybridized carbons (Fsp3) is 0.421. The molecule has 7 nitrogen and oxygen atoms in total. The first-order chi connectivity index (χ1) is 14.7. The lowest BCUT2D eigenvalue weighted by Gasteiger charge is -2.15. The normalized spacial score (nSPS) is 14.9. The minimum atomic E-state index is -4.85. The summed E-state index contributed by atoms with van der Waals surface area (Å²) in [7, 11) is 0. The Balaban J connectivity index is 1.74. The van der Waals surface area contributed by atoms with Gasteiger partial charge in [-0.2, -0.15) is 8.78 Å². The molecule has 0 saturated heterocycles. The van der Waals surface area contributed by atoms with Crippen LogP contribution in [0, 0.1) is 0 Å². The lowest BCUT2D eigenvalue weighted by molar-refractivity contribution is -0.274. The van der Waals surface area contributed by atoms with Gasteiger partial charge in [-0.3, -0.25) is 9.38 Å². The van der Waals surface area contributed by atoms with E-state index in [1.54, 1.807) is 0 Å². The van der Waals surface area contributed by atoms with Crippen LogP contribution in [0.4, 0.5) is 22.0 Å². The maximum Gasteiger partial charge on any atom is 0.573 e. The van der Waals surface area contributed by atoms with E-state index in [9.17, 15) is 22.0 Å². The number of rotatable bonds is 8. The number of nitrogens with zero attached hydrogens (tertiary/aromatic N) is 4. The molecular formula is C19H17F5N4O3. The summed E-state index contributed by atoms with van der Waals surface area (Å²) < 4.78 is 81.5. The van der Waals surface area contributed by atoms with Gasteiger partial charge in [0, 0.05) is 11.8 Å². The summed E-state index contributed by atoms with van der Waals surface area (Å²) in [6, 6.07) is 3.68. The Labute approximate surface area is 172 Å². The SMILES string of the molecule is CCOC(F)(F)c1nnc2cnc(-c3ccc(OC(F)(F)F)cc3COC3CC3)cn12. The predicted molar refractivity (Wildman–Crippen MR) is 96.2 cm³/mol. The maximum atomic E-state index is 14.3. The van der Waals surface area contributed by atoms with Crippen LogP contribution >= 0.6 is 0 Å². The van der Waals surface area contributed by atoms with Gasteiger partial charge in [0.1, 0.15) is 5.75 Å². The van der Waals surface area contributed by atoms with Gasteiger partial charge in [-0.05, 0) is 43.5 Å². The van der Waals surface area contributed by atoms with Gasteiger partial charge < -0.3 is 14.2 Å². The highest BCUT2D eigenvalue weighted by molar-refractivity contribution is 5.65. The number of aromatic nitrogens is 4. The Morgan fingerprint density at radius 3 is 2.58 bits per heavy atom. The molecule has 2 aromatic heterocycles. The number of hydrogen-bond donors (Lipinski definition) is 0. The highest BCUT2D eigenvalue weighted by Crippen LogP contribution is 2.33. The molecule has 12 heteroatoms. The fourth-order valence-corrected chi connectivity index (χ4v) is 2.96. The van der Waals surface area contributed by atoms with Gasteiger partial charge in [0.2, 0.25) is 5.82 Å². The van der Waals surface area contributed by atoms with Gasteiger partial charge in [-0.15, -0.1) is 23.4 Å². The molecule has 0 amide bonds. The summed E-state index contributed by atoms with van der Waals surface area (Å²) in [4.78, 5) is 4.20. The Kier molecular flexibility index (Phi) is 5.52. The molecule has 0 bridgehead atoms. The molecule has 1 aromatic carbocycles. The van der Waals surface area contributed by atoms with Gasteiger partial charge >= 0.3 is 12.5 Å². The Morgan fingerprint density at radius 1 is 1.13 bits per heavy atom. The molecule has 0 N–H and O–H groups in total. The third kappa shape index (κ3) is 4.90. The van der Waals surface area contributed by atoms with Crippen molar-refractivity contribution >= 4 is 5.65 Å². The largest absolute Gasteiger partial charge is 0.573 e. The third-order valence-electron chi connectivity index (χ3n) is 4.46. The highest BCUT2D eigenvalue weighted by Gasteiger charge is 2.38. The first-order valence-electron chi connectivity index (χ1n) is 9.40. The minimum Gasteiger partial charge on any atom is -0.406 e. The lowest BCUT2D eigenvalue weighted by Crippen LogP contribution is -2.21. The van der Waals surface area contributed by atoms with Gasteiger partial charge in [0.05, 0.1) is 31.2 Å². The molecule has 1 aliphatic carbocycles. The van der Waals surface area contributed by atoms with Crippen molar-refractivity contribution < 1.29 is 36.2 Å². The molecule has 1 saturated carbocycles. The first-order valence-corrected chi connectivity index (χ1v) is 9.40. The average Bonchev–Trinajstić information content (AvgIpc) is 3.41. The number of halogens is 5. The molecule has 166 valence electrons. The summed E-state index contributed by atoms with van der Waals surface area (Å²) in [6.45, 7) is 1.18. The summed E-state index contributed by atoms with van der Waals surface area (Å²) in [6.07, 6.45) is -4.24. The van der Waals surface area contributed by atoms with Gasteiger partial charge in [0.25, 0.3) is 0 Å². The standard InChI is InChI=1S/C19H17F5N4O3/c1-2-30-18(20,21)17-27-26-16-8-25-15(9-28(16)17)14-6-5-13(31-19(22,23)24)7-11(14)10-29-12-3-4-12/h5-9,12H,2-4,10H2,1H3. The average molecular weight is 444 g/mol. The molecule has 0 spiro atoms. The van der Waals surface area contributed by atoms with Crippen molar-refractivity contribution in [2.24, 2.45) is 0 Å². The van der Waals surface area contributed by atoms with Crippen LogP contribution in [0.5, 0.6) is 5.75 Å². The van der Waals surface area contributed by atoms with Gasteiger partial charge in [0.15, 0.2) is 5.65 Å². The molecule has 2 heterocycles. The molecule has 0 atom stereocenters. The third-order valence-corrected chi connectivity index (χ3v) is 4.46. The van der Waals surface area contributed by atoms with Crippen LogP contribution in [-0.2, 0) is 22.2 Å². The zero-order chi connectivity index (χ0) is 22.2. The molecule has 1 fully saturated rings. The van der Waals surface area contributed by atoms with E-state index < -0.39 is 24.0 Å². The molecule has 0 unspecified atom stereocenters. The second-order valence-electron chi connectivity index (χ2n) is 6.85.